The number of halogens is 4. The van der Waals surface area contributed by atoms with Gasteiger partial charge in [-0.25, -0.2) is 13.8 Å². The summed E-state index contributed by atoms with van der Waals surface area (Å²) in [7, 11) is 0. The molecule has 0 saturated heterocycles. The molecule has 0 saturated carbocycles. The summed E-state index contributed by atoms with van der Waals surface area (Å²) in [6.07, 6.45) is 0. The van der Waals surface area contributed by atoms with Crippen LogP contribution in [0.2, 0.25) is 5.02 Å². The molecule has 1 unspecified atom stereocenters. The predicted octanol–water partition coefficient (Wildman–Crippen LogP) is 5.26. The first-order valence-corrected chi connectivity index (χ1v) is 7.07. The summed E-state index contributed by atoms with van der Waals surface area (Å²) in [4.78, 5) is 4.35. The fourth-order valence-electron chi connectivity index (χ4n) is 2.27. The van der Waals surface area contributed by atoms with E-state index in [1.54, 1.807) is 25.1 Å². The van der Waals surface area contributed by atoms with Gasteiger partial charge in [0.15, 0.2) is 0 Å². The van der Waals surface area contributed by atoms with Crippen molar-refractivity contribution in [2.24, 2.45) is 0 Å². The summed E-state index contributed by atoms with van der Waals surface area (Å²) in [5.74, 6) is -1.02. The van der Waals surface area contributed by atoms with Crippen LogP contribution in [-0.4, -0.2) is 9.55 Å². The Bertz CT molecular complexity index is 808. The Labute approximate surface area is 129 Å². The number of rotatable bonds is 2. The van der Waals surface area contributed by atoms with Crippen LogP contribution in [-0.2, 0) is 0 Å². The van der Waals surface area contributed by atoms with Gasteiger partial charge >= 0.3 is 0 Å². The smallest absolute Gasteiger partial charge is 0.150 e. The molecule has 0 spiro atoms. The van der Waals surface area contributed by atoms with Crippen LogP contribution >= 0.6 is 23.2 Å². The zero-order valence-electron chi connectivity index (χ0n) is 10.9. The third-order valence-corrected chi connectivity index (χ3v) is 3.59. The van der Waals surface area contributed by atoms with E-state index in [2.05, 4.69) is 4.98 Å². The fraction of sp³-hybridized carbons (Fsp3) is 0.133. The third kappa shape index (κ3) is 2.39. The van der Waals surface area contributed by atoms with E-state index in [1.807, 2.05) is 0 Å². The zero-order valence-corrected chi connectivity index (χ0v) is 12.5. The average Bonchev–Trinajstić information content (AvgIpc) is 2.78. The number of fused-ring (bicyclic) bond motifs is 1. The van der Waals surface area contributed by atoms with Crippen molar-refractivity contribution >= 4 is 34.2 Å². The highest BCUT2D eigenvalue weighted by molar-refractivity contribution is 6.31. The SMILES string of the molecule is CC(Cl)c1nc2ccc(Cl)cc2n1-c1c(F)cccc1F. The number of imidazole rings is 1. The van der Waals surface area contributed by atoms with Crippen LogP contribution < -0.4 is 0 Å². The number of nitrogens with zero attached hydrogens (tertiary/aromatic N) is 2. The third-order valence-electron chi connectivity index (χ3n) is 3.16. The Balaban J connectivity index is 2.44. The van der Waals surface area contributed by atoms with Gasteiger partial charge in [-0.05, 0) is 37.3 Å². The highest BCUT2D eigenvalue weighted by Gasteiger charge is 2.21. The Kier molecular flexibility index (Phi) is 3.59. The van der Waals surface area contributed by atoms with Gasteiger partial charge in [-0.15, -0.1) is 11.6 Å². The monoisotopic (exact) mass is 326 g/mol. The van der Waals surface area contributed by atoms with Gasteiger partial charge < -0.3 is 0 Å². The van der Waals surface area contributed by atoms with Gasteiger partial charge in [0, 0.05) is 5.02 Å². The lowest BCUT2D eigenvalue weighted by Crippen LogP contribution is -2.06. The quantitative estimate of drug-likeness (QED) is 0.587. The maximum atomic E-state index is 14.1. The second-order valence-electron chi connectivity index (χ2n) is 4.62. The Morgan fingerprint density at radius 3 is 2.43 bits per heavy atom. The number of para-hydroxylation sites is 1. The molecule has 21 heavy (non-hydrogen) atoms. The molecule has 3 rings (SSSR count). The first kappa shape index (κ1) is 14.3. The minimum atomic E-state index is -0.687. The number of aromatic nitrogens is 2. The molecule has 6 heteroatoms. The first-order chi connectivity index (χ1) is 9.99. The van der Waals surface area contributed by atoms with Crippen molar-refractivity contribution in [2.45, 2.75) is 12.3 Å². The molecule has 0 amide bonds. The molecule has 1 heterocycles. The maximum absolute atomic E-state index is 14.1. The molecule has 0 aliphatic rings. The molecule has 1 aromatic heterocycles. The van der Waals surface area contributed by atoms with E-state index in [1.165, 1.54) is 22.8 Å². The lowest BCUT2D eigenvalue weighted by Gasteiger charge is -2.12. The Morgan fingerprint density at radius 2 is 1.81 bits per heavy atom. The molecule has 0 fully saturated rings. The van der Waals surface area contributed by atoms with Crippen LogP contribution in [0.1, 0.15) is 18.1 Å². The summed E-state index contributed by atoms with van der Waals surface area (Å²) in [5.41, 5.74) is 0.878. The molecule has 0 aliphatic carbocycles. The van der Waals surface area contributed by atoms with Crippen LogP contribution in [0.5, 0.6) is 0 Å². The van der Waals surface area contributed by atoms with E-state index in [0.717, 1.165) is 0 Å². The summed E-state index contributed by atoms with van der Waals surface area (Å²) in [6, 6.07) is 8.66. The average molecular weight is 327 g/mol. The van der Waals surface area contributed by atoms with Crippen molar-refractivity contribution in [3.63, 3.8) is 0 Å². The molecule has 0 bridgehead atoms. The molecule has 0 radical (unpaired) electrons. The molecule has 0 N–H and O–H groups in total. The van der Waals surface area contributed by atoms with E-state index in [-0.39, 0.29) is 5.69 Å². The fourth-order valence-corrected chi connectivity index (χ4v) is 2.58. The first-order valence-electron chi connectivity index (χ1n) is 6.25. The summed E-state index contributed by atoms with van der Waals surface area (Å²) < 4.78 is 29.6. The Morgan fingerprint density at radius 1 is 1.14 bits per heavy atom. The number of hydrogen-bond acceptors (Lipinski definition) is 1. The van der Waals surface area contributed by atoms with Gasteiger partial charge in [0.05, 0.1) is 16.4 Å². The maximum Gasteiger partial charge on any atom is 0.150 e. The van der Waals surface area contributed by atoms with Gasteiger partial charge in [0.2, 0.25) is 0 Å². The molecular formula is C15H10Cl2F2N2. The van der Waals surface area contributed by atoms with Gasteiger partial charge in [-0.2, -0.15) is 0 Å². The molecular weight excluding hydrogens is 317 g/mol. The van der Waals surface area contributed by atoms with E-state index in [4.69, 9.17) is 23.2 Å². The normalized spacial score (nSPS) is 12.8. The topological polar surface area (TPSA) is 17.8 Å². The van der Waals surface area contributed by atoms with Gasteiger partial charge in [-0.1, -0.05) is 17.7 Å². The lowest BCUT2D eigenvalue weighted by atomic mass is 10.2. The van der Waals surface area contributed by atoms with Crippen molar-refractivity contribution in [3.8, 4) is 5.69 Å². The van der Waals surface area contributed by atoms with Crippen LogP contribution in [0.4, 0.5) is 8.78 Å². The van der Waals surface area contributed by atoms with Crippen LogP contribution in [0, 0.1) is 11.6 Å². The largest absolute Gasteiger partial charge is 0.289 e. The van der Waals surface area contributed by atoms with Crippen molar-refractivity contribution < 1.29 is 8.78 Å². The molecule has 1 atom stereocenters. The van der Waals surface area contributed by atoms with Crippen molar-refractivity contribution in [1.82, 2.24) is 9.55 Å². The van der Waals surface area contributed by atoms with Crippen molar-refractivity contribution in [3.05, 3.63) is 58.9 Å². The summed E-state index contributed by atoms with van der Waals surface area (Å²) >= 11 is 12.1. The van der Waals surface area contributed by atoms with Crippen LogP contribution in [0.25, 0.3) is 16.7 Å². The van der Waals surface area contributed by atoms with Crippen LogP contribution in [0.3, 0.4) is 0 Å². The Hall–Kier alpha value is -1.65. The number of hydrogen-bond donors (Lipinski definition) is 0. The van der Waals surface area contributed by atoms with E-state index in [9.17, 15) is 8.78 Å². The minimum Gasteiger partial charge on any atom is -0.289 e. The summed E-state index contributed by atoms with van der Waals surface area (Å²) in [5, 5.41) is -0.0654. The zero-order chi connectivity index (χ0) is 15.1. The van der Waals surface area contributed by atoms with Crippen LogP contribution in [0.15, 0.2) is 36.4 Å². The second-order valence-corrected chi connectivity index (χ2v) is 5.72. The molecule has 2 nitrogen and oxygen atoms in total. The highest BCUT2D eigenvalue weighted by Crippen LogP contribution is 2.31. The predicted molar refractivity (Wildman–Crippen MR) is 80.3 cm³/mol. The van der Waals surface area contributed by atoms with Gasteiger partial charge in [-0.3, -0.25) is 4.57 Å². The molecule has 108 valence electrons. The van der Waals surface area contributed by atoms with Crippen molar-refractivity contribution in [2.75, 3.05) is 0 Å². The van der Waals surface area contributed by atoms with E-state index >= 15 is 0 Å². The van der Waals surface area contributed by atoms with E-state index < -0.39 is 17.0 Å². The molecule has 3 aromatic rings. The highest BCUT2D eigenvalue weighted by atomic mass is 35.5. The van der Waals surface area contributed by atoms with E-state index in [0.29, 0.717) is 21.9 Å². The molecule has 0 aliphatic heterocycles. The van der Waals surface area contributed by atoms with Gasteiger partial charge in [0.1, 0.15) is 23.1 Å². The molecule has 2 aromatic carbocycles. The van der Waals surface area contributed by atoms with Gasteiger partial charge in [0.25, 0.3) is 0 Å². The van der Waals surface area contributed by atoms with Crippen molar-refractivity contribution in [1.29, 1.82) is 0 Å². The number of alkyl halides is 1. The standard InChI is InChI=1S/C15H10Cl2F2N2/c1-8(16)15-20-12-6-5-9(17)7-13(12)21(15)14-10(18)3-2-4-11(14)19/h2-8H,1H3. The lowest BCUT2D eigenvalue weighted by molar-refractivity contribution is 0.567. The number of benzene rings is 2. The minimum absolute atomic E-state index is 0.204. The second kappa shape index (κ2) is 5.28. The summed E-state index contributed by atoms with van der Waals surface area (Å²) in [6.45, 7) is 1.69.